The van der Waals surface area contributed by atoms with Crippen LogP contribution in [0, 0.1) is 6.92 Å². The van der Waals surface area contributed by atoms with Crippen LogP contribution in [0.2, 0.25) is 0 Å². The zero-order valence-corrected chi connectivity index (χ0v) is 26.6. The Balaban J connectivity index is 1.41. The van der Waals surface area contributed by atoms with Crippen molar-refractivity contribution in [3.63, 3.8) is 0 Å². The molecule has 4 aromatic rings. The fraction of sp³-hybridized carbons (Fsp3) is 0.265. The predicted octanol–water partition coefficient (Wildman–Crippen LogP) is 7.62. The minimum Gasteiger partial charge on any atom is -0.481 e. The maximum atomic E-state index is 13.8. The number of aromatic nitrogens is 3. The van der Waals surface area contributed by atoms with Gasteiger partial charge in [0, 0.05) is 29.1 Å². The number of cyclic esters (lactones) is 1. The fourth-order valence-electron chi connectivity index (χ4n) is 5.77. The van der Waals surface area contributed by atoms with Gasteiger partial charge in [0.05, 0.1) is 54.8 Å². The van der Waals surface area contributed by atoms with Crippen molar-refractivity contribution in [2.24, 2.45) is 0 Å². The Kier molecular flexibility index (Phi) is 8.85. The molecule has 0 unspecified atom stereocenters. The van der Waals surface area contributed by atoms with E-state index >= 15 is 0 Å². The first kappa shape index (κ1) is 35.1. The maximum Gasteiger partial charge on any atom is 0.416 e. The minimum absolute atomic E-state index is 0.0115. The number of halogens is 7. The van der Waals surface area contributed by atoms with Gasteiger partial charge in [0.15, 0.2) is 6.10 Å². The maximum absolute atomic E-state index is 13.8. The van der Waals surface area contributed by atoms with Crippen molar-refractivity contribution in [1.29, 1.82) is 0 Å². The van der Waals surface area contributed by atoms with Crippen LogP contribution in [0.1, 0.15) is 44.4 Å². The van der Waals surface area contributed by atoms with Gasteiger partial charge < -0.3 is 19.5 Å². The summed E-state index contributed by atoms with van der Waals surface area (Å²) >= 11 is 0. The summed E-state index contributed by atoms with van der Waals surface area (Å²) in [5.74, 6) is -0.930. The van der Waals surface area contributed by atoms with Crippen molar-refractivity contribution >= 4 is 18.0 Å². The molecule has 0 aliphatic carbocycles. The molecule has 2 aromatic heterocycles. The van der Waals surface area contributed by atoms with E-state index in [1.807, 2.05) is 0 Å². The Morgan fingerprint density at radius 2 is 1.65 bits per heavy atom. The second-order valence-corrected chi connectivity index (χ2v) is 11.8. The predicted molar refractivity (Wildman–Crippen MR) is 166 cm³/mol. The summed E-state index contributed by atoms with van der Waals surface area (Å²) in [6.07, 6.45) is -11.4. The van der Waals surface area contributed by atoms with Crippen LogP contribution in [-0.2, 0) is 23.6 Å². The summed E-state index contributed by atoms with van der Waals surface area (Å²) in [6.45, 7) is 5.01. The molecule has 0 radical (unpaired) electrons. The number of alkyl halides is 7. The van der Waals surface area contributed by atoms with E-state index in [1.165, 1.54) is 36.5 Å². The van der Waals surface area contributed by atoms with E-state index in [2.05, 4.69) is 21.5 Å². The number of hydrogen-bond acceptors (Lipinski definition) is 8. The molecular weight excluding hydrogens is 691 g/mol. The van der Waals surface area contributed by atoms with Crippen LogP contribution in [0.4, 0.5) is 41.5 Å². The number of aryl methyl sites for hydroxylation is 1. The lowest BCUT2D eigenvalue weighted by atomic mass is 9.96. The molecule has 10 nitrogen and oxygen atoms in total. The van der Waals surface area contributed by atoms with Gasteiger partial charge in [0.25, 0.3) is 0 Å². The molecule has 2 aliphatic rings. The van der Waals surface area contributed by atoms with Gasteiger partial charge in [-0.1, -0.05) is 12.6 Å². The lowest BCUT2D eigenvalue weighted by Gasteiger charge is -2.34. The van der Waals surface area contributed by atoms with E-state index in [0.717, 1.165) is 4.90 Å². The van der Waals surface area contributed by atoms with Crippen LogP contribution < -0.4 is 9.64 Å². The number of carbonyl (C=O) groups is 2. The molecular formula is C34H26F7N5O5. The summed E-state index contributed by atoms with van der Waals surface area (Å²) in [4.78, 5) is 40.5. The number of anilines is 1. The first-order valence-electron chi connectivity index (χ1n) is 15.0. The van der Waals surface area contributed by atoms with Crippen molar-refractivity contribution in [3.05, 3.63) is 101 Å². The molecule has 17 heteroatoms. The van der Waals surface area contributed by atoms with Crippen LogP contribution in [0.5, 0.6) is 5.88 Å². The molecule has 2 aromatic carbocycles. The van der Waals surface area contributed by atoms with Gasteiger partial charge in [0.1, 0.15) is 6.17 Å². The standard InChI is InChI=1S/C34H26F7N5O5/c1-16-6-18(30(47)48)4-5-24(16)20-9-25(29(50-3)42-11-20)26-12-43-31(45-13-23(35)14-45)44-27(26)15-46-17(2)28(51-32(46)49)19-7-21(33(36,37)38)10-22(8-19)34(39,40)41/h4-12,23,28H,2,13-15H2,1,3H3,(H,47,48)/t28-/m0/s1. The number of nitrogens with zero attached hydrogens (tertiary/aromatic N) is 5. The van der Waals surface area contributed by atoms with Gasteiger partial charge in [0.2, 0.25) is 11.8 Å². The number of amides is 1. The molecule has 2 fully saturated rings. The smallest absolute Gasteiger partial charge is 0.416 e. The SMILES string of the molecule is C=C1[C@@H](c2cc(C(F)(F)F)cc(C(F)(F)F)c2)OC(=O)N1Cc1nc(N2CC(F)C2)ncc1-c1cc(-c2ccc(C(=O)O)cc2C)cnc1OC. The number of carboxylic acids is 1. The molecule has 1 atom stereocenters. The van der Waals surface area contributed by atoms with Crippen LogP contribution >= 0.6 is 0 Å². The van der Waals surface area contributed by atoms with Crippen molar-refractivity contribution in [3.8, 4) is 28.1 Å². The number of rotatable bonds is 8. The third-order valence-corrected chi connectivity index (χ3v) is 8.40. The normalized spacial score (nSPS) is 16.7. The highest BCUT2D eigenvalue weighted by Gasteiger charge is 2.42. The number of benzene rings is 2. The topological polar surface area (TPSA) is 118 Å². The van der Waals surface area contributed by atoms with E-state index < -0.39 is 59.9 Å². The Labute approximate surface area is 284 Å². The molecule has 2 aliphatic heterocycles. The number of carbonyl (C=O) groups excluding carboxylic acids is 1. The summed E-state index contributed by atoms with van der Waals surface area (Å²) in [5.41, 5.74) is -1.52. The van der Waals surface area contributed by atoms with Crippen LogP contribution in [0.15, 0.2) is 67.1 Å². The number of ether oxygens (including phenoxy) is 2. The van der Waals surface area contributed by atoms with Crippen LogP contribution in [-0.4, -0.2) is 63.4 Å². The lowest BCUT2D eigenvalue weighted by Crippen LogP contribution is -2.49. The molecule has 1 N–H and O–H groups in total. The van der Waals surface area contributed by atoms with Crippen molar-refractivity contribution in [1.82, 2.24) is 19.9 Å². The van der Waals surface area contributed by atoms with Gasteiger partial charge in [-0.3, -0.25) is 4.90 Å². The van der Waals surface area contributed by atoms with E-state index in [-0.39, 0.29) is 53.5 Å². The van der Waals surface area contributed by atoms with Gasteiger partial charge in [-0.15, -0.1) is 0 Å². The fourth-order valence-corrected chi connectivity index (χ4v) is 5.77. The molecule has 0 spiro atoms. The molecule has 266 valence electrons. The molecule has 6 rings (SSSR count). The monoisotopic (exact) mass is 717 g/mol. The minimum atomic E-state index is -5.14. The Morgan fingerprint density at radius 1 is 0.980 bits per heavy atom. The largest absolute Gasteiger partial charge is 0.481 e. The molecule has 1 amide bonds. The molecule has 0 saturated carbocycles. The van der Waals surface area contributed by atoms with E-state index in [4.69, 9.17) is 9.47 Å². The van der Waals surface area contributed by atoms with Gasteiger partial charge in [-0.2, -0.15) is 26.3 Å². The number of hydrogen-bond donors (Lipinski definition) is 1. The van der Waals surface area contributed by atoms with Gasteiger partial charge in [-0.25, -0.2) is 28.9 Å². The highest BCUT2D eigenvalue weighted by molar-refractivity contribution is 5.89. The number of carboxylic acid groups (broad SMARTS) is 1. The zero-order chi connectivity index (χ0) is 37.0. The first-order chi connectivity index (χ1) is 23.9. The van der Waals surface area contributed by atoms with E-state index in [9.17, 15) is 45.4 Å². The first-order valence-corrected chi connectivity index (χ1v) is 15.0. The Morgan fingerprint density at radius 3 is 2.22 bits per heavy atom. The van der Waals surface area contributed by atoms with Crippen molar-refractivity contribution in [2.45, 2.75) is 38.1 Å². The Bertz CT molecular complexity index is 2030. The summed E-state index contributed by atoms with van der Waals surface area (Å²) in [5, 5.41) is 9.38. The third kappa shape index (κ3) is 6.87. The highest BCUT2D eigenvalue weighted by atomic mass is 19.4. The zero-order valence-electron chi connectivity index (χ0n) is 26.6. The molecule has 4 heterocycles. The molecule has 0 bridgehead atoms. The molecule has 51 heavy (non-hydrogen) atoms. The average Bonchev–Trinajstić information content (AvgIpc) is 3.34. The number of pyridine rings is 1. The van der Waals surface area contributed by atoms with Crippen molar-refractivity contribution in [2.75, 3.05) is 25.1 Å². The second-order valence-electron chi connectivity index (χ2n) is 11.8. The number of methoxy groups -OCH3 is 1. The second kappa shape index (κ2) is 12.9. The summed E-state index contributed by atoms with van der Waals surface area (Å²) in [6, 6.07) is 7.06. The quantitative estimate of drug-likeness (QED) is 0.184. The third-order valence-electron chi connectivity index (χ3n) is 8.40. The van der Waals surface area contributed by atoms with Gasteiger partial charge >= 0.3 is 24.4 Å². The lowest BCUT2D eigenvalue weighted by molar-refractivity contribution is -0.143. The van der Waals surface area contributed by atoms with Gasteiger partial charge in [-0.05, 0) is 60.0 Å². The average molecular weight is 718 g/mol. The van der Waals surface area contributed by atoms with Crippen molar-refractivity contribution < 1.29 is 54.9 Å². The van der Waals surface area contributed by atoms with E-state index in [1.54, 1.807) is 19.1 Å². The number of aromatic carboxylic acids is 1. The Hall–Kier alpha value is -5.74. The van der Waals surface area contributed by atoms with Crippen LogP contribution in [0.25, 0.3) is 22.3 Å². The van der Waals surface area contributed by atoms with E-state index in [0.29, 0.717) is 34.4 Å². The van der Waals surface area contributed by atoms with Crippen LogP contribution in [0.3, 0.4) is 0 Å². The highest BCUT2D eigenvalue weighted by Crippen LogP contribution is 2.43. The molecule has 2 saturated heterocycles. The summed E-state index contributed by atoms with van der Waals surface area (Å²) in [7, 11) is 1.35. The summed E-state index contributed by atoms with van der Waals surface area (Å²) < 4.78 is 106.